The van der Waals surface area contributed by atoms with Crippen LogP contribution in [-0.2, 0) is 17.9 Å². The zero-order chi connectivity index (χ0) is 20.9. The van der Waals surface area contributed by atoms with E-state index in [1.807, 2.05) is 66.7 Å². The van der Waals surface area contributed by atoms with Gasteiger partial charge in [0.25, 0.3) is 0 Å². The Balaban J connectivity index is 1.66. The minimum Gasteiger partial charge on any atom is -0.497 e. The van der Waals surface area contributed by atoms with Crippen LogP contribution in [0.3, 0.4) is 0 Å². The van der Waals surface area contributed by atoms with E-state index in [0.717, 1.165) is 34.3 Å². The number of nitrogens with zero attached hydrogens (tertiary/aromatic N) is 1. The predicted octanol–water partition coefficient (Wildman–Crippen LogP) is 4.61. The van der Waals surface area contributed by atoms with E-state index in [9.17, 15) is 9.90 Å². The molecular weight excluding hydrogens is 376 g/mol. The summed E-state index contributed by atoms with van der Waals surface area (Å²) in [5.41, 5.74) is 4.05. The lowest BCUT2D eigenvalue weighted by Gasteiger charge is -2.14. The summed E-state index contributed by atoms with van der Waals surface area (Å²) >= 11 is 0. The molecule has 0 aliphatic heterocycles. The maximum absolute atomic E-state index is 11.8. The minimum atomic E-state index is -0.896. The fourth-order valence-corrected chi connectivity index (χ4v) is 3.73. The van der Waals surface area contributed by atoms with Crippen molar-refractivity contribution >= 4 is 16.9 Å². The van der Waals surface area contributed by atoms with E-state index in [2.05, 4.69) is 28.2 Å². The summed E-state index contributed by atoms with van der Waals surface area (Å²) in [5.74, 6) is -0.120. The molecule has 0 radical (unpaired) electrons. The van der Waals surface area contributed by atoms with Gasteiger partial charge < -0.3 is 14.4 Å². The lowest BCUT2D eigenvalue weighted by Crippen LogP contribution is -2.28. The predicted molar refractivity (Wildman–Crippen MR) is 118 cm³/mol. The summed E-state index contributed by atoms with van der Waals surface area (Å²) in [7, 11) is 1.65. The number of rotatable bonds is 8. The second kappa shape index (κ2) is 8.84. The monoisotopic (exact) mass is 400 g/mol. The zero-order valence-electron chi connectivity index (χ0n) is 16.8. The van der Waals surface area contributed by atoms with Crippen LogP contribution in [0.2, 0.25) is 0 Å². The van der Waals surface area contributed by atoms with Crippen LogP contribution < -0.4 is 10.1 Å². The molecule has 0 amide bonds. The van der Waals surface area contributed by atoms with Crippen molar-refractivity contribution in [1.82, 2.24) is 9.88 Å². The first-order chi connectivity index (χ1) is 14.7. The molecule has 0 spiro atoms. The third-order valence-electron chi connectivity index (χ3n) is 5.24. The van der Waals surface area contributed by atoms with Crippen molar-refractivity contribution in [1.29, 1.82) is 0 Å². The molecule has 2 N–H and O–H groups in total. The van der Waals surface area contributed by atoms with Gasteiger partial charge in [0.2, 0.25) is 0 Å². The summed E-state index contributed by atoms with van der Waals surface area (Å²) in [6, 6.07) is 24.7. The van der Waals surface area contributed by atoms with Crippen LogP contribution >= 0.6 is 0 Å². The topological polar surface area (TPSA) is 63.5 Å². The first-order valence-corrected chi connectivity index (χ1v) is 9.86. The number of benzene rings is 3. The van der Waals surface area contributed by atoms with E-state index in [4.69, 9.17) is 4.74 Å². The third-order valence-corrected chi connectivity index (χ3v) is 5.24. The maximum atomic E-state index is 11.8. The van der Waals surface area contributed by atoms with E-state index < -0.39 is 12.0 Å². The summed E-state index contributed by atoms with van der Waals surface area (Å²) < 4.78 is 7.61. The minimum absolute atomic E-state index is 0.428. The fraction of sp³-hybridized carbons (Fsp3) is 0.160. The Labute approximate surface area is 175 Å². The van der Waals surface area contributed by atoms with Gasteiger partial charge in [-0.25, -0.2) is 0 Å². The quantitative estimate of drug-likeness (QED) is 0.453. The molecule has 5 nitrogen and oxygen atoms in total. The van der Waals surface area contributed by atoms with Gasteiger partial charge >= 0.3 is 5.97 Å². The van der Waals surface area contributed by atoms with Gasteiger partial charge in [-0.2, -0.15) is 0 Å². The molecule has 1 atom stereocenters. The van der Waals surface area contributed by atoms with Crippen molar-refractivity contribution in [2.45, 2.75) is 19.1 Å². The molecule has 1 unspecified atom stereocenters. The van der Waals surface area contributed by atoms with Gasteiger partial charge in [-0.15, -0.1) is 0 Å². The third kappa shape index (κ3) is 4.21. The highest BCUT2D eigenvalue weighted by molar-refractivity contribution is 5.85. The standard InChI is InChI=1S/C25H24N2O3/c1-30-21-12-13-23-22(14-21)20(17-27(23)16-18-8-4-2-5-9-18)15-26-24(25(28)29)19-10-6-3-7-11-19/h2-14,17,24,26H,15-16H2,1H3,(H,28,29). The lowest BCUT2D eigenvalue weighted by atomic mass is 10.1. The molecule has 30 heavy (non-hydrogen) atoms. The van der Waals surface area contributed by atoms with Crippen LogP contribution in [0, 0.1) is 0 Å². The summed E-state index contributed by atoms with van der Waals surface area (Å²) in [4.78, 5) is 11.8. The van der Waals surface area contributed by atoms with Crippen molar-refractivity contribution in [3.8, 4) is 5.75 Å². The Morgan fingerprint density at radius 1 is 1.03 bits per heavy atom. The van der Waals surface area contributed by atoms with Gasteiger partial charge in [-0.1, -0.05) is 60.7 Å². The van der Waals surface area contributed by atoms with E-state index in [0.29, 0.717) is 6.54 Å². The van der Waals surface area contributed by atoms with E-state index in [1.54, 1.807) is 7.11 Å². The molecule has 4 aromatic rings. The van der Waals surface area contributed by atoms with E-state index in [-0.39, 0.29) is 0 Å². The largest absolute Gasteiger partial charge is 0.497 e. The second-order valence-corrected chi connectivity index (χ2v) is 7.21. The Morgan fingerprint density at radius 3 is 2.40 bits per heavy atom. The number of aliphatic carboxylic acids is 1. The number of hydrogen-bond acceptors (Lipinski definition) is 3. The molecule has 1 heterocycles. The molecular formula is C25H24N2O3. The second-order valence-electron chi connectivity index (χ2n) is 7.21. The lowest BCUT2D eigenvalue weighted by molar-refractivity contribution is -0.139. The fourth-order valence-electron chi connectivity index (χ4n) is 3.73. The SMILES string of the molecule is COc1ccc2c(c1)c(CNC(C(=O)O)c1ccccc1)cn2Cc1ccccc1. The number of carboxylic acids is 1. The van der Waals surface area contributed by atoms with Crippen LogP contribution in [0.1, 0.15) is 22.7 Å². The Kier molecular flexibility index (Phi) is 5.82. The number of ether oxygens (including phenoxy) is 1. The maximum Gasteiger partial charge on any atom is 0.325 e. The Bertz CT molecular complexity index is 1140. The number of nitrogens with one attached hydrogen (secondary N) is 1. The van der Waals surface area contributed by atoms with Crippen molar-refractivity contribution in [2.24, 2.45) is 0 Å². The van der Waals surface area contributed by atoms with Gasteiger partial charge in [-0.3, -0.25) is 10.1 Å². The number of carboxylic acid groups (broad SMARTS) is 1. The van der Waals surface area contributed by atoms with Gasteiger partial charge in [0.15, 0.2) is 0 Å². The van der Waals surface area contributed by atoms with Crippen LogP contribution in [0.4, 0.5) is 0 Å². The van der Waals surface area contributed by atoms with Crippen molar-refractivity contribution in [3.63, 3.8) is 0 Å². The van der Waals surface area contributed by atoms with Gasteiger partial charge in [0.1, 0.15) is 11.8 Å². The normalized spacial score (nSPS) is 12.0. The van der Waals surface area contributed by atoms with Crippen LogP contribution in [0.5, 0.6) is 5.75 Å². The Morgan fingerprint density at radius 2 is 1.73 bits per heavy atom. The molecule has 3 aromatic carbocycles. The molecule has 4 rings (SSSR count). The first-order valence-electron chi connectivity index (χ1n) is 9.86. The average Bonchev–Trinajstić information content (AvgIpc) is 3.11. The van der Waals surface area contributed by atoms with Crippen LogP contribution in [0.15, 0.2) is 85.1 Å². The summed E-state index contributed by atoms with van der Waals surface area (Å²) in [6.45, 7) is 1.17. The molecule has 1 aromatic heterocycles. The highest BCUT2D eigenvalue weighted by Crippen LogP contribution is 2.27. The molecule has 0 aliphatic rings. The number of methoxy groups -OCH3 is 1. The molecule has 5 heteroatoms. The summed E-state index contributed by atoms with van der Waals surface area (Å²) in [5, 5.41) is 14.0. The number of carbonyl (C=O) groups is 1. The number of hydrogen-bond donors (Lipinski definition) is 2. The number of aromatic nitrogens is 1. The molecule has 0 saturated carbocycles. The Hall–Kier alpha value is -3.57. The molecule has 152 valence electrons. The van der Waals surface area contributed by atoms with Crippen molar-refractivity contribution < 1.29 is 14.6 Å². The molecule has 0 aliphatic carbocycles. The van der Waals surface area contributed by atoms with Crippen molar-refractivity contribution in [3.05, 3.63) is 102 Å². The smallest absolute Gasteiger partial charge is 0.325 e. The summed E-state index contributed by atoms with van der Waals surface area (Å²) in [6.07, 6.45) is 2.09. The van der Waals surface area contributed by atoms with Gasteiger partial charge in [0.05, 0.1) is 7.11 Å². The average molecular weight is 400 g/mol. The molecule has 0 fully saturated rings. The van der Waals surface area contributed by atoms with E-state index >= 15 is 0 Å². The first kappa shape index (κ1) is 19.7. The highest BCUT2D eigenvalue weighted by atomic mass is 16.5. The van der Waals surface area contributed by atoms with Crippen LogP contribution in [-0.4, -0.2) is 22.8 Å². The zero-order valence-corrected chi connectivity index (χ0v) is 16.8. The van der Waals surface area contributed by atoms with Crippen LogP contribution in [0.25, 0.3) is 10.9 Å². The van der Waals surface area contributed by atoms with Gasteiger partial charge in [0, 0.05) is 30.2 Å². The molecule has 0 bridgehead atoms. The van der Waals surface area contributed by atoms with E-state index in [1.165, 1.54) is 5.56 Å². The number of fused-ring (bicyclic) bond motifs is 1. The highest BCUT2D eigenvalue weighted by Gasteiger charge is 2.20. The van der Waals surface area contributed by atoms with Gasteiger partial charge in [-0.05, 0) is 34.9 Å². The van der Waals surface area contributed by atoms with Crippen molar-refractivity contribution in [2.75, 3.05) is 7.11 Å². The molecule has 0 saturated heterocycles.